The molecule has 1 saturated carbocycles. The van der Waals surface area contributed by atoms with Crippen LogP contribution in [0.5, 0.6) is 0 Å². The summed E-state index contributed by atoms with van der Waals surface area (Å²) >= 11 is 0. The standard InChI is InChI=1S/C15H26N4O3/c1-15(2,3)18-14(22)17-12(20)9-19-8-4-5-11(19)13(21)16-10-6-7-10/h10-11H,4-9H2,1-3H3,(H,16,21)(H2,17,18,20,22). The Hall–Kier alpha value is -1.63. The molecular formula is C15H26N4O3. The molecule has 0 bridgehead atoms. The Bertz CT molecular complexity index is 454. The number of nitrogens with one attached hydrogen (secondary N) is 3. The Labute approximate surface area is 131 Å². The summed E-state index contributed by atoms with van der Waals surface area (Å²) < 4.78 is 0. The monoisotopic (exact) mass is 310 g/mol. The summed E-state index contributed by atoms with van der Waals surface area (Å²) in [6.45, 7) is 6.30. The molecule has 0 spiro atoms. The van der Waals surface area contributed by atoms with Gasteiger partial charge in [0.05, 0.1) is 12.6 Å². The van der Waals surface area contributed by atoms with E-state index < -0.39 is 11.6 Å². The molecule has 1 heterocycles. The Morgan fingerprint density at radius 3 is 2.41 bits per heavy atom. The van der Waals surface area contributed by atoms with Crippen molar-refractivity contribution in [2.24, 2.45) is 0 Å². The third-order valence-electron chi connectivity index (χ3n) is 3.68. The molecule has 7 heteroatoms. The van der Waals surface area contributed by atoms with Gasteiger partial charge >= 0.3 is 6.03 Å². The molecule has 4 amide bonds. The number of amides is 4. The number of rotatable bonds is 4. The highest BCUT2D eigenvalue weighted by molar-refractivity contribution is 5.95. The average Bonchev–Trinajstić information content (AvgIpc) is 3.03. The summed E-state index contributed by atoms with van der Waals surface area (Å²) in [6.07, 6.45) is 3.75. The van der Waals surface area contributed by atoms with E-state index in [4.69, 9.17) is 0 Å². The number of carbonyl (C=O) groups is 3. The van der Waals surface area contributed by atoms with Crippen molar-refractivity contribution in [1.29, 1.82) is 0 Å². The van der Waals surface area contributed by atoms with Gasteiger partial charge in [-0.3, -0.25) is 19.8 Å². The number of urea groups is 1. The molecule has 0 aromatic heterocycles. The first-order valence-electron chi connectivity index (χ1n) is 7.91. The second-order valence-corrected chi connectivity index (χ2v) is 7.16. The molecule has 124 valence electrons. The molecule has 2 aliphatic rings. The molecule has 2 fully saturated rings. The van der Waals surface area contributed by atoms with Crippen molar-refractivity contribution >= 4 is 17.8 Å². The van der Waals surface area contributed by atoms with E-state index in [2.05, 4.69) is 16.0 Å². The van der Waals surface area contributed by atoms with Gasteiger partial charge in [-0.15, -0.1) is 0 Å². The fourth-order valence-electron chi connectivity index (χ4n) is 2.56. The minimum Gasteiger partial charge on any atom is -0.352 e. The number of hydrogen-bond acceptors (Lipinski definition) is 4. The van der Waals surface area contributed by atoms with Crippen LogP contribution in [-0.2, 0) is 9.59 Å². The molecular weight excluding hydrogens is 284 g/mol. The average molecular weight is 310 g/mol. The first-order chi connectivity index (χ1) is 10.2. The van der Waals surface area contributed by atoms with Crippen LogP contribution in [0.1, 0.15) is 46.5 Å². The number of nitrogens with zero attached hydrogens (tertiary/aromatic N) is 1. The molecule has 0 radical (unpaired) electrons. The zero-order valence-corrected chi connectivity index (χ0v) is 13.6. The molecule has 1 atom stereocenters. The minimum atomic E-state index is -0.504. The summed E-state index contributed by atoms with van der Waals surface area (Å²) in [5.74, 6) is -0.375. The predicted molar refractivity (Wildman–Crippen MR) is 82.2 cm³/mol. The normalized spacial score (nSPS) is 22.2. The topological polar surface area (TPSA) is 90.5 Å². The van der Waals surface area contributed by atoms with Gasteiger partial charge in [0.15, 0.2) is 0 Å². The van der Waals surface area contributed by atoms with Gasteiger partial charge in [-0.25, -0.2) is 4.79 Å². The molecule has 0 aromatic rings. The lowest BCUT2D eigenvalue weighted by Crippen LogP contribution is -2.52. The summed E-state index contributed by atoms with van der Waals surface area (Å²) in [5.41, 5.74) is -0.398. The molecule has 3 N–H and O–H groups in total. The van der Waals surface area contributed by atoms with E-state index in [1.165, 1.54) is 0 Å². The SMILES string of the molecule is CC(C)(C)NC(=O)NC(=O)CN1CCCC1C(=O)NC1CC1. The second kappa shape index (κ2) is 6.64. The number of hydrogen-bond donors (Lipinski definition) is 3. The Kier molecular flexibility index (Phi) is 5.05. The maximum atomic E-state index is 12.1. The van der Waals surface area contributed by atoms with Crippen molar-refractivity contribution in [3.8, 4) is 0 Å². The van der Waals surface area contributed by atoms with Crippen LogP contribution in [0.15, 0.2) is 0 Å². The van der Waals surface area contributed by atoms with Crippen molar-refractivity contribution in [2.75, 3.05) is 13.1 Å². The van der Waals surface area contributed by atoms with E-state index in [0.717, 1.165) is 25.7 Å². The van der Waals surface area contributed by atoms with Crippen LogP contribution in [0.25, 0.3) is 0 Å². The Morgan fingerprint density at radius 1 is 1.14 bits per heavy atom. The van der Waals surface area contributed by atoms with Crippen LogP contribution in [0, 0.1) is 0 Å². The van der Waals surface area contributed by atoms with Crippen LogP contribution in [0.3, 0.4) is 0 Å². The first-order valence-corrected chi connectivity index (χ1v) is 7.91. The molecule has 1 aliphatic carbocycles. The van der Waals surface area contributed by atoms with Gasteiger partial charge in [0, 0.05) is 11.6 Å². The maximum Gasteiger partial charge on any atom is 0.321 e. The van der Waals surface area contributed by atoms with E-state index >= 15 is 0 Å². The first kappa shape index (κ1) is 16.7. The number of imide groups is 1. The molecule has 1 saturated heterocycles. The van der Waals surface area contributed by atoms with Crippen molar-refractivity contribution < 1.29 is 14.4 Å². The smallest absolute Gasteiger partial charge is 0.321 e. The second-order valence-electron chi connectivity index (χ2n) is 7.16. The van der Waals surface area contributed by atoms with E-state index in [0.29, 0.717) is 12.6 Å². The number of likely N-dealkylation sites (tertiary alicyclic amines) is 1. The van der Waals surface area contributed by atoms with Crippen molar-refractivity contribution in [2.45, 2.75) is 64.1 Å². The largest absolute Gasteiger partial charge is 0.352 e. The fraction of sp³-hybridized carbons (Fsp3) is 0.800. The van der Waals surface area contributed by atoms with Crippen LogP contribution >= 0.6 is 0 Å². The molecule has 1 unspecified atom stereocenters. The highest BCUT2D eigenvalue weighted by atomic mass is 16.2. The summed E-state index contributed by atoms with van der Waals surface area (Å²) in [7, 11) is 0. The summed E-state index contributed by atoms with van der Waals surface area (Å²) in [5, 5.41) is 7.97. The lowest BCUT2D eigenvalue weighted by atomic mass is 10.1. The molecule has 22 heavy (non-hydrogen) atoms. The van der Waals surface area contributed by atoms with Crippen LogP contribution in [0.4, 0.5) is 4.79 Å². The van der Waals surface area contributed by atoms with E-state index in [9.17, 15) is 14.4 Å². The van der Waals surface area contributed by atoms with Crippen molar-refractivity contribution in [3.05, 3.63) is 0 Å². The molecule has 0 aromatic carbocycles. The van der Waals surface area contributed by atoms with E-state index in [1.807, 2.05) is 25.7 Å². The Morgan fingerprint density at radius 2 is 1.82 bits per heavy atom. The predicted octanol–water partition coefficient (Wildman–Crippen LogP) is 0.354. The Balaban J connectivity index is 1.79. The third kappa shape index (κ3) is 5.29. The molecule has 1 aliphatic heterocycles. The van der Waals surface area contributed by atoms with E-state index in [-0.39, 0.29) is 24.4 Å². The van der Waals surface area contributed by atoms with Crippen molar-refractivity contribution in [1.82, 2.24) is 20.9 Å². The van der Waals surface area contributed by atoms with Crippen LogP contribution < -0.4 is 16.0 Å². The molecule has 7 nitrogen and oxygen atoms in total. The van der Waals surface area contributed by atoms with Crippen LogP contribution in [-0.4, -0.2) is 53.5 Å². The molecule has 2 rings (SSSR count). The quantitative estimate of drug-likeness (QED) is 0.699. The van der Waals surface area contributed by atoms with Gasteiger partial charge < -0.3 is 10.6 Å². The summed E-state index contributed by atoms with van der Waals surface area (Å²) in [6, 6.07) is -0.436. The third-order valence-corrected chi connectivity index (χ3v) is 3.68. The maximum absolute atomic E-state index is 12.1. The zero-order chi connectivity index (χ0) is 16.3. The van der Waals surface area contributed by atoms with Gasteiger partial charge in [-0.2, -0.15) is 0 Å². The van der Waals surface area contributed by atoms with Gasteiger partial charge in [0.2, 0.25) is 11.8 Å². The number of carbonyl (C=O) groups excluding carboxylic acids is 3. The fourth-order valence-corrected chi connectivity index (χ4v) is 2.56. The lowest BCUT2D eigenvalue weighted by molar-refractivity contribution is -0.127. The van der Waals surface area contributed by atoms with E-state index in [1.54, 1.807) is 0 Å². The van der Waals surface area contributed by atoms with Gasteiger partial charge in [0.1, 0.15) is 0 Å². The zero-order valence-electron chi connectivity index (χ0n) is 13.6. The highest BCUT2D eigenvalue weighted by Gasteiger charge is 2.34. The van der Waals surface area contributed by atoms with Crippen molar-refractivity contribution in [3.63, 3.8) is 0 Å². The van der Waals surface area contributed by atoms with Gasteiger partial charge in [0.25, 0.3) is 0 Å². The highest BCUT2D eigenvalue weighted by Crippen LogP contribution is 2.22. The van der Waals surface area contributed by atoms with Gasteiger partial charge in [-0.05, 0) is 53.0 Å². The lowest BCUT2D eigenvalue weighted by Gasteiger charge is -2.24. The minimum absolute atomic E-state index is 0.00643. The van der Waals surface area contributed by atoms with Crippen LogP contribution in [0.2, 0.25) is 0 Å². The summed E-state index contributed by atoms with van der Waals surface area (Å²) in [4.78, 5) is 37.6. The van der Waals surface area contributed by atoms with Gasteiger partial charge in [-0.1, -0.05) is 0 Å².